The summed E-state index contributed by atoms with van der Waals surface area (Å²) in [5.41, 5.74) is 1.05. The van der Waals surface area contributed by atoms with Crippen molar-refractivity contribution in [3.63, 3.8) is 0 Å². The molecule has 1 aromatic heterocycles. The topological polar surface area (TPSA) is 74.2 Å². The molecule has 0 aliphatic heterocycles. The number of amides is 2. The molecule has 1 atom stereocenters. The van der Waals surface area contributed by atoms with E-state index in [1.165, 1.54) is 0 Å². The maximum absolute atomic E-state index is 11.8. The minimum Gasteiger partial charge on any atom is -0.508 e. The third kappa shape index (κ3) is 4.28. The summed E-state index contributed by atoms with van der Waals surface area (Å²) in [4.78, 5) is 15.8. The van der Waals surface area contributed by atoms with Gasteiger partial charge in [-0.25, -0.2) is 9.78 Å². The van der Waals surface area contributed by atoms with Crippen molar-refractivity contribution in [2.45, 2.75) is 19.4 Å². The molecule has 0 saturated heterocycles. The van der Waals surface area contributed by atoms with Gasteiger partial charge in [-0.15, -0.1) is 0 Å². The summed E-state index contributed by atoms with van der Waals surface area (Å²) in [5.74, 6) is 0.754. The molecular formula is C15H17N3O2. The molecule has 2 aromatic rings. The molecule has 0 aliphatic carbocycles. The number of aromatic nitrogens is 1. The smallest absolute Gasteiger partial charge is 0.320 e. The predicted molar refractivity (Wildman–Crippen MR) is 77.7 cm³/mol. The van der Waals surface area contributed by atoms with Crippen LogP contribution in [0.15, 0.2) is 48.7 Å². The molecule has 5 nitrogen and oxygen atoms in total. The van der Waals surface area contributed by atoms with Gasteiger partial charge in [0, 0.05) is 12.2 Å². The molecule has 1 unspecified atom stereocenters. The van der Waals surface area contributed by atoms with Crippen LogP contribution in [0.4, 0.5) is 10.6 Å². The number of carbonyl (C=O) groups excluding carboxylic acids is 1. The summed E-state index contributed by atoms with van der Waals surface area (Å²) < 4.78 is 0. The third-order valence-corrected chi connectivity index (χ3v) is 2.76. The molecule has 0 spiro atoms. The molecule has 104 valence electrons. The van der Waals surface area contributed by atoms with E-state index in [0.29, 0.717) is 12.2 Å². The molecule has 0 bridgehead atoms. The number of carbonyl (C=O) groups is 1. The SMILES string of the molecule is CC(Cc1ccc(O)cc1)NC(=O)Nc1ccccn1. The zero-order valence-electron chi connectivity index (χ0n) is 11.2. The number of benzene rings is 1. The van der Waals surface area contributed by atoms with Crippen molar-refractivity contribution in [2.24, 2.45) is 0 Å². The van der Waals surface area contributed by atoms with Crippen molar-refractivity contribution in [1.82, 2.24) is 10.3 Å². The second kappa shape index (κ2) is 6.56. The van der Waals surface area contributed by atoms with E-state index in [2.05, 4.69) is 15.6 Å². The number of aromatic hydroxyl groups is 1. The summed E-state index contributed by atoms with van der Waals surface area (Å²) in [6, 6.07) is 12.0. The molecule has 3 N–H and O–H groups in total. The van der Waals surface area contributed by atoms with E-state index in [1.54, 1.807) is 30.5 Å². The van der Waals surface area contributed by atoms with E-state index in [1.807, 2.05) is 25.1 Å². The Morgan fingerprint density at radius 3 is 2.65 bits per heavy atom. The quantitative estimate of drug-likeness (QED) is 0.800. The molecule has 20 heavy (non-hydrogen) atoms. The first-order valence-electron chi connectivity index (χ1n) is 6.40. The van der Waals surface area contributed by atoms with Crippen molar-refractivity contribution in [3.05, 3.63) is 54.2 Å². The second-order valence-corrected chi connectivity index (χ2v) is 4.59. The fourth-order valence-electron chi connectivity index (χ4n) is 1.85. The molecule has 0 aliphatic rings. The Kier molecular flexibility index (Phi) is 4.55. The van der Waals surface area contributed by atoms with Crippen LogP contribution in [0.5, 0.6) is 5.75 Å². The summed E-state index contributed by atoms with van der Waals surface area (Å²) in [6.07, 6.45) is 2.31. The van der Waals surface area contributed by atoms with Crippen LogP contribution in [0.3, 0.4) is 0 Å². The van der Waals surface area contributed by atoms with Crippen LogP contribution in [0.1, 0.15) is 12.5 Å². The summed E-state index contributed by atoms with van der Waals surface area (Å²) in [7, 11) is 0. The van der Waals surface area contributed by atoms with Crippen LogP contribution in [-0.4, -0.2) is 22.2 Å². The van der Waals surface area contributed by atoms with E-state index in [0.717, 1.165) is 5.56 Å². The van der Waals surface area contributed by atoms with E-state index in [-0.39, 0.29) is 17.8 Å². The molecule has 0 fully saturated rings. The van der Waals surface area contributed by atoms with Crippen LogP contribution in [0.25, 0.3) is 0 Å². The maximum Gasteiger partial charge on any atom is 0.320 e. The second-order valence-electron chi connectivity index (χ2n) is 4.59. The molecule has 5 heteroatoms. The highest BCUT2D eigenvalue weighted by molar-refractivity contribution is 5.88. The first-order valence-corrected chi connectivity index (χ1v) is 6.40. The van der Waals surface area contributed by atoms with Gasteiger partial charge in [0.05, 0.1) is 0 Å². The molecule has 0 saturated carbocycles. The van der Waals surface area contributed by atoms with Gasteiger partial charge in [-0.2, -0.15) is 0 Å². The Morgan fingerprint density at radius 2 is 2.00 bits per heavy atom. The van der Waals surface area contributed by atoms with Gasteiger partial charge < -0.3 is 10.4 Å². The molecule has 2 amide bonds. The Labute approximate surface area is 117 Å². The maximum atomic E-state index is 11.8. The number of hydrogen-bond donors (Lipinski definition) is 3. The van der Waals surface area contributed by atoms with E-state index < -0.39 is 0 Å². The number of hydrogen-bond acceptors (Lipinski definition) is 3. The van der Waals surface area contributed by atoms with Crippen LogP contribution in [0.2, 0.25) is 0 Å². The van der Waals surface area contributed by atoms with Gasteiger partial charge in [0.1, 0.15) is 11.6 Å². The minimum absolute atomic E-state index is 0.0248. The van der Waals surface area contributed by atoms with Crippen LogP contribution in [0, 0.1) is 0 Å². The Morgan fingerprint density at radius 1 is 1.25 bits per heavy atom. The number of pyridine rings is 1. The predicted octanol–water partition coefficient (Wildman–Crippen LogP) is 2.54. The Balaban J connectivity index is 1.83. The standard InChI is InChI=1S/C15H17N3O2/c1-11(10-12-5-7-13(19)8-6-12)17-15(20)18-14-4-2-3-9-16-14/h2-9,11,19H,10H2,1H3,(H2,16,17,18,20). The van der Waals surface area contributed by atoms with E-state index in [4.69, 9.17) is 0 Å². The van der Waals surface area contributed by atoms with Gasteiger partial charge in [0.2, 0.25) is 0 Å². The van der Waals surface area contributed by atoms with Gasteiger partial charge >= 0.3 is 6.03 Å². The highest BCUT2D eigenvalue weighted by atomic mass is 16.3. The molecule has 1 aromatic carbocycles. The lowest BCUT2D eigenvalue weighted by molar-refractivity contribution is 0.249. The Hall–Kier alpha value is -2.56. The minimum atomic E-state index is -0.282. The summed E-state index contributed by atoms with van der Waals surface area (Å²) in [6.45, 7) is 1.92. The van der Waals surface area contributed by atoms with Crippen molar-refractivity contribution in [3.8, 4) is 5.75 Å². The van der Waals surface area contributed by atoms with Crippen LogP contribution >= 0.6 is 0 Å². The monoisotopic (exact) mass is 271 g/mol. The third-order valence-electron chi connectivity index (χ3n) is 2.76. The van der Waals surface area contributed by atoms with Crippen molar-refractivity contribution >= 4 is 11.8 Å². The number of urea groups is 1. The van der Waals surface area contributed by atoms with E-state index >= 15 is 0 Å². The number of anilines is 1. The van der Waals surface area contributed by atoms with Crippen LogP contribution < -0.4 is 10.6 Å². The number of rotatable bonds is 4. The van der Waals surface area contributed by atoms with Crippen molar-refractivity contribution in [1.29, 1.82) is 0 Å². The number of phenolic OH excluding ortho intramolecular Hbond substituents is 1. The normalized spacial score (nSPS) is 11.7. The average molecular weight is 271 g/mol. The first-order chi connectivity index (χ1) is 9.63. The molecule has 0 radical (unpaired) electrons. The molecule has 1 heterocycles. The van der Waals surface area contributed by atoms with Gasteiger partial charge in [0.15, 0.2) is 0 Å². The fourth-order valence-corrected chi connectivity index (χ4v) is 1.85. The zero-order valence-corrected chi connectivity index (χ0v) is 11.2. The highest BCUT2D eigenvalue weighted by Crippen LogP contribution is 2.11. The first kappa shape index (κ1) is 13.9. The van der Waals surface area contributed by atoms with Crippen molar-refractivity contribution in [2.75, 3.05) is 5.32 Å². The lowest BCUT2D eigenvalue weighted by Crippen LogP contribution is -2.37. The Bertz CT molecular complexity index is 555. The number of phenols is 1. The van der Waals surface area contributed by atoms with Gasteiger partial charge in [-0.1, -0.05) is 18.2 Å². The zero-order chi connectivity index (χ0) is 14.4. The number of nitrogens with one attached hydrogen (secondary N) is 2. The number of nitrogens with zero attached hydrogens (tertiary/aromatic N) is 1. The fraction of sp³-hybridized carbons (Fsp3) is 0.200. The lowest BCUT2D eigenvalue weighted by atomic mass is 10.1. The molecular weight excluding hydrogens is 254 g/mol. The largest absolute Gasteiger partial charge is 0.508 e. The summed E-state index contributed by atoms with van der Waals surface area (Å²) in [5, 5.41) is 14.7. The average Bonchev–Trinajstić information content (AvgIpc) is 2.42. The highest BCUT2D eigenvalue weighted by Gasteiger charge is 2.08. The van der Waals surface area contributed by atoms with Crippen molar-refractivity contribution < 1.29 is 9.90 Å². The van der Waals surface area contributed by atoms with Gasteiger partial charge in [0.25, 0.3) is 0 Å². The molecule has 2 rings (SSSR count). The van der Waals surface area contributed by atoms with Crippen LogP contribution in [-0.2, 0) is 6.42 Å². The lowest BCUT2D eigenvalue weighted by Gasteiger charge is -2.14. The van der Waals surface area contributed by atoms with E-state index in [9.17, 15) is 9.90 Å². The summed E-state index contributed by atoms with van der Waals surface area (Å²) >= 11 is 0. The van der Waals surface area contributed by atoms with Gasteiger partial charge in [-0.05, 0) is 43.2 Å². The van der Waals surface area contributed by atoms with Gasteiger partial charge in [-0.3, -0.25) is 5.32 Å².